The second-order valence-electron chi connectivity index (χ2n) is 5.86. The second-order valence-corrected chi connectivity index (χ2v) is 5.86. The number of benzene rings is 2. The van der Waals surface area contributed by atoms with E-state index in [4.69, 9.17) is 0 Å². The van der Waals surface area contributed by atoms with Gasteiger partial charge in [0.05, 0.1) is 6.04 Å². The van der Waals surface area contributed by atoms with Gasteiger partial charge in [0.25, 0.3) is 5.91 Å². The van der Waals surface area contributed by atoms with Crippen LogP contribution in [0.25, 0.3) is 0 Å². The molecule has 0 aliphatic rings. The van der Waals surface area contributed by atoms with Crippen molar-refractivity contribution in [1.29, 1.82) is 0 Å². The predicted molar refractivity (Wildman–Crippen MR) is 87.7 cm³/mol. The van der Waals surface area contributed by atoms with Crippen LogP contribution in [0, 0.1) is 27.7 Å². The molecule has 1 atom stereocenters. The first-order chi connectivity index (χ1) is 9.88. The smallest absolute Gasteiger partial charge is 0.251 e. The summed E-state index contributed by atoms with van der Waals surface area (Å²) in [5.74, 6) is -0.0242. The van der Waals surface area contributed by atoms with Gasteiger partial charge in [-0.15, -0.1) is 0 Å². The third-order valence-corrected chi connectivity index (χ3v) is 3.98. The van der Waals surface area contributed by atoms with E-state index in [-0.39, 0.29) is 11.9 Å². The van der Waals surface area contributed by atoms with Crippen LogP contribution in [0.3, 0.4) is 0 Å². The molecule has 0 spiro atoms. The molecule has 0 saturated heterocycles. The summed E-state index contributed by atoms with van der Waals surface area (Å²) >= 11 is 0. The Morgan fingerprint density at radius 2 is 1.62 bits per heavy atom. The molecule has 21 heavy (non-hydrogen) atoms. The zero-order valence-electron chi connectivity index (χ0n) is 13.4. The van der Waals surface area contributed by atoms with E-state index in [1.54, 1.807) is 0 Å². The van der Waals surface area contributed by atoms with Gasteiger partial charge in [-0.05, 0) is 69.0 Å². The molecule has 0 saturated carbocycles. The van der Waals surface area contributed by atoms with Gasteiger partial charge in [-0.25, -0.2) is 0 Å². The van der Waals surface area contributed by atoms with Crippen molar-refractivity contribution in [3.63, 3.8) is 0 Å². The first kappa shape index (κ1) is 15.3. The Hall–Kier alpha value is -2.09. The summed E-state index contributed by atoms with van der Waals surface area (Å²) in [6.45, 7) is 10.3. The lowest BCUT2D eigenvalue weighted by Crippen LogP contribution is -2.27. The summed E-state index contributed by atoms with van der Waals surface area (Å²) < 4.78 is 0. The molecule has 0 fully saturated rings. The summed E-state index contributed by atoms with van der Waals surface area (Å²) in [5.41, 5.74) is 6.75. The molecular weight excluding hydrogens is 258 g/mol. The molecule has 0 aliphatic carbocycles. The third-order valence-electron chi connectivity index (χ3n) is 3.98. The third kappa shape index (κ3) is 3.52. The van der Waals surface area contributed by atoms with Crippen molar-refractivity contribution in [2.45, 2.75) is 40.7 Å². The van der Waals surface area contributed by atoms with Gasteiger partial charge in [0, 0.05) is 5.56 Å². The van der Waals surface area contributed by atoms with Crippen molar-refractivity contribution in [2.75, 3.05) is 0 Å². The van der Waals surface area contributed by atoms with Crippen LogP contribution in [0.15, 0.2) is 36.4 Å². The highest BCUT2D eigenvalue weighted by atomic mass is 16.1. The van der Waals surface area contributed by atoms with Gasteiger partial charge in [-0.1, -0.05) is 29.8 Å². The molecule has 0 heterocycles. The SMILES string of the molecule is Cc1cccc(C(=O)N[C@@H](C)c2cc(C)c(C)cc2C)c1. The van der Waals surface area contributed by atoms with Crippen LogP contribution in [0.5, 0.6) is 0 Å². The quantitative estimate of drug-likeness (QED) is 0.887. The molecule has 2 heteroatoms. The minimum Gasteiger partial charge on any atom is -0.346 e. The van der Waals surface area contributed by atoms with Crippen molar-refractivity contribution < 1.29 is 4.79 Å². The topological polar surface area (TPSA) is 29.1 Å². The first-order valence-corrected chi connectivity index (χ1v) is 7.33. The monoisotopic (exact) mass is 281 g/mol. The van der Waals surface area contributed by atoms with Crippen LogP contribution < -0.4 is 5.32 Å². The van der Waals surface area contributed by atoms with Crippen LogP contribution >= 0.6 is 0 Å². The van der Waals surface area contributed by atoms with Gasteiger partial charge in [0.15, 0.2) is 0 Å². The van der Waals surface area contributed by atoms with Crippen molar-refractivity contribution in [3.8, 4) is 0 Å². The van der Waals surface area contributed by atoms with Crippen molar-refractivity contribution in [3.05, 3.63) is 69.8 Å². The fraction of sp³-hybridized carbons (Fsp3) is 0.316. The molecule has 0 bridgehead atoms. The average Bonchev–Trinajstić information content (AvgIpc) is 2.42. The van der Waals surface area contributed by atoms with Crippen LogP contribution in [0.1, 0.15) is 51.1 Å². The highest BCUT2D eigenvalue weighted by Gasteiger charge is 2.14. The van der Waals surface area contributed by atoms with Crippen molar-refractivity contribution in [2.24, 2.45) is 0 Å². The molecule has 0 aromatic heterocycles. The lowest BCUT2D eigenvalue weighted by atomic mass is 9.96. The standard InChI is InChI=1S/C19H23NO/c1-12-7-6-8-17(9-12)19(21)20-16(5)18-11-14(3)13(2)10-15(18)4/h6-11,16H,1-5H3,(H,20,21)/t16-/m0/s1. The van der Waals surface area contributed by atoms with E-state index in [0.29, 0.717) is 5.56 Å². The summed E-state index contributed by atoms with van der Waals surface area (Å²) in [6, 6.07) is 12.0. The fourth-order valence-corrected chi connectivity index (χ4v) is 2.59. The summed E-state index contributed by atoms with van der Waals surface area (Å²) in [7, 11) is 0. The Bertz CT molecular complexity index is 673. The largest absolute Gasteiger partial charge is 0.346 e. The maximum absolute atomic E-state index is 12.3. The lowest BCUT2D eigenvalue weighted by Gasteiger charge is -2.18. The van der Waals surface area contributed by atoms with Gasteiger partial charge in [0.1, 0.15) is 0 Å². The molecule has 2 rings (SSSR count). The second kappa shape index (κ2) is 6.13. The van der Waals surface area contributed by atoms with Crippen molar-refractivity contribution >= 4 is 5.91 Å². The lowest BCUT2D eigenvalue weighted by molar-refractivity contribution is 0.0939. The van der Waals surface area contributed by atoms with Gasteiger partial charge in [-0.3, -0.25) is 4.79 Å². The van der Waals surface area contributed by atoms with Crippen LogP contribution in [-0.4, -0.2) is 5.91 Å². The fourth-order valence-electron chi connectivity index (χ4n) is 2.59. The molecule has 2 nitrogen and oxygen atoms in total. The summed E-state index contributed by atoms with van der Waals surface area (Å²) in [4.78, 5) is 12.3. The van der Waals surface area contributed by atoms with Gasteiger partial charge >= 0.3 is 0 Å². The zero-order valence-corrected chi connectivity index (χ0v) is 13.4. The Labute approximate surface area is 127 Å². The number of carbonyl (C=O) groups excluding carboxylic acids is 1. The summed E-state index contributed by atoms with van der Waals surface area (Å²) in [5, 5.41) is 3.09. The number of rotatable bonds is 3. The van der Waals surface area contributed by atoms with E-state index >= 15 is 0 Å². The predicted octanol–water partition coefficient (Wildman–Crippen LogP) is 4.41. The normalized spacial score (nSPS) is 12.0. The minimum absolute atomic E-state index is 0.00249. The number of amides is 1. The van der Waals surface area contributed by atoms with E-state index < -0.39 is 0 Å². The Kier molecular flexibility index (Phi) is 4.46. The van der Waals surface area contributed by atoms with E-state index in [1.165, 1.54) is 22.3 Å². The molecule has 1 N–H and O–H groups in total. The highest BCUT2D eigenvalue weighted by molar-refractivity contribution is 5.94. The number of carbonyl (C=O) groups is 1. The van der Waals surface area contributed by atoms with E-state index in [1.807, 2.05) is 38.1 Å². The highest BCUT2D eigenvalue weighted by Crippen LogP contribution is 2.22. The Balaban J connectivity index is 2.20. The maximum Gasteiger partial charge on any atom is 0.251 e. The number of hydrogen-bond acceptors (Lipinski definition) is 1. The Morgan fingerprint density at radius 1 is 0.952 bits per heavy atom. The maximum atomic E-state index is 12.3. The van der Waals surface area contributed by atoms with Crippen LogP contribution in [0.2, 0.25) is 0 Å². The zero-order chi connectivity index (χ0) is 15.6. The van der Waals surface area contributed by atoms with Crippen molar-refractivity contribution in [1.82, 2.24) is 5.32 Å². The molecule has 110 valence electrons. The first-order valence-electron chi connectivity index (χ1n) is 7.33. The van der Waals surface area contributed by atoms with Crippen LogP contribution in [0.4, 0.5) is 0 Å². The molecule has 0 unspecified atom stereocenters. The molecule has 2 aromatic carbocycles. The van der Waals surface area contributed by atoms with Gasteiger partial charge < -0.3 is 5.32 Å². The molecule has 2 aromatic rings. The summed E-state index contributed by atoms with van der Waals surface area (Å²) in [6.07, 6.45) is 0. The van der Waals surface area contributed by atoms with Crippen LogP contribution in [-0.2, 0) is 0 Å². The number of hydrogen-bond donors (Lipinski definition) is 1. The minimum atomic E-state index is -0.0242. The van der Waals surface area contributed by atoms with Gasteiger partial charge in [0.2, 0.25) is 0 Å². The molecule has 0 radical (unpaired) electrons. The van der Waals surface area contributed by atoms with E-state index in [0.717, 1.165) is 5.56 Å². The number of aryl methyl sites for hydroxylation is 4. The Morgan fingerprint density at radius 3 is 2.29 bits per heavy atom. The number of nitrogens with one attached hydrogen (secondary N) is 1. The molecule has 0 aliphatic heterocycles. The van der Waals surface area contributed by atoms with E-state index in [9.17, 15) is 4.79 Å². The van der Waals surface area contributed by atoms with Gasteiger partial charge in [-0.2, -0.15) is 0 Å². The average molecular weight is 281 g/mol. The van der Waals surface area contributed by atoms with E-state index in [2.05, 4.69) is 38.2 Å². The molecular formula is C19H23NO. The molecule has 1 amide bonds.